The Morgan fingerprint density at radius 2 is 1.60 bits per heavy atom. The minimum atomic E-state index is -0.301. The summed E-state index contributed by atoms with van der Waals surface area (Å²) in [6, 6.07) is 17.3. The van der Waals surface area contributed by atoms with Crippen LogP contribution in [-0.2, 0) is 0 Å². The summed E-state index contributed by atoms with van der Waals surface area (Å²) in [4.78, 5) is 15.3. The van der Waals surface area contributed by atoms with E-state index < -0.39 is 0 Å². The Kier molecular flexibility index (Phi) is 3.17. The summed E-state index contributed by atoms with van der Waals surface area (Å²) in [7, 11) is 0. The smallest absolute Gasteiger partial charge is 0.276 e. The molecule has 3 nitrogen and oxygen atoms in total. The highest BCUT2D eigenvalue weighted by Gasteiger charge is 2.10. The second-order valence-electron chi connectivity index (χ2n) is 4.59. The molecule has 20 heavy (non-hydrogen) atoms. The molecule has 0 bridgehead atoms. The quantitative estimate of drug-likeness (QED) is 0.708. The van der Waals surface area contributed by atoms with Gasteiger partial charge in [0.05, 0.1) is 6.26 Å². The van der Waals surface area contributed by atoms with Crippen LogP contribution in [0.15, 0.2) is 70.1 Å². The summed E-state index contributed by atoms with van der Waals surface area (Å²) < 4.78 is 5.37. The van der Waals surface area contributed by atoms with E-state index in [9.17, 15) is 4.79 Å². The Bertz CT molecular complexity index is 788. The van der Waals surface area contributed by atoms with Gasteiger partial charge in [-0.2, -0.15) is 4.98 Å². The summed E-state index contributed by atoms with van der Waals surface area (Å²) in [6.45, 7) is 2.05. The summed E-state index contributed by atoms with van der Waals surface area (Å²) in [5, 5.41) is 0. The van der Waals surface area contributed by atoms with Gasteiger partial charge in [-0.1, -0.05) is 48.0 Å². The zero-order chi connectivity index (χ0) is 13.9. The Morgan fingerprint density at radius 1 is 0.900 bits per heavy atom. The molecule has 3 aromatic rings. The van der Waals surface area contributed by atoms with Crippen LogP contribution in [0.4, 0.5) is 0 Å². The number of rotatable bonds is 2. The molecular weight excluding hydrogens is 250 g/mol. The topological polar surface area (TPSA) is 43.1 Å². The predicted octanol–water partition coefficient (Wildman–Crippen LogP) is 3.68. The molecule has 1 heterocycles. The van der Waals surface area contributed by atoms with E-state index in [1.54, 1.807) is 0 Å². The molecule has 0 spiro atoms. The molecule has 0 saturated heterocycles. The lowest BCUT2D eigenvalue weighted by molar-refractivity contribution is 0.542. The van der Waals surface area contributed by atoms with Crippen LogP contribution in [0.25, 0.3) is 22.6 Å². The maximum atomic E-state index is 11.4. The number of hydrogen-bond acceptors (Lipinski definition) is 3. The average molecular weight is 263 g/mol. The van der Waals surface area contributed by atoms with Gasteiger partial charge >= 0.3 is 0 Å². The zero-order valence-corrected chi connectivity index (χ0v) is 11.0. The highest BCUT2D eigenvalue weighted by molar-refractivity contribution is 5.79. The molecule has 0 fully saturated rings. The highest BCUT2D eigenvalue weighted by Crippen LogP contribution is 2.30. The third-order valence-corrected chi connectivity index (χ3v) is 3.12. The van der Waals surface area contributed by atoms with E-state index in [-0.39, 0.29) is 5.56 Å². The van der Waals surface area contributed by atoms with Crippen molar-refractivity contribution in [2.24, 2.45) is 0 Å². The van der Waals surface area contributed by atoms with Crippen molar-refractivity contribution < 1.29 is 4.42 Å². The van der Waals surface area contributed by atoms with Crippen molar-refractivity contribution in [3.05, 3.63) is 76.8 Å². The lowest BCUT2D eigenvalue weighted by Gasteiger charge is -2.08. The van der Waals surface area contributed by atoms with Crippen molar-refractivity contribution in [2.45, 2.75) is 6.92 Å². The second kappa shape index (κ2) is 5.13. The monoisotopic (exact) mass is 263 g/mol. The third kappa shape index (κ3) is 2.38. The maximum absolute atomic E-state index is 11.4. The van der Waals surface area contributed by atoms with E-state index in [2.05, 4.69) is 29.2 Å². The lowest BCUT2D eigenvalue weighted by Crippen LogP contribution is -2.03. The van der Waals surface area contributed by atoms with Gasteiger partial charge in [-0.05, 0) is 24.1 Å². The Morgan fingerprint density at radius 3 is 2.30 bits per heavy atom. The van der Waals surface area contributed by atoms with E-state index in [1.807, 2.05) is 31.2 Å². The fourth-order valence-electron chi connectivity index (χ4n) is 2.10. The van der Waals surface area contributed by atoms with Gasteiger partial charge in [-0.15, -0.1) is 0 Å². The summed E-state index contributed by atoms with van der Waals surface area (Å²) in [6.07, 6.45) is 1.37. The fourth-order valence-corrected chi connectivity index (χ4v) is 2.10. The van der Waals surface area contributed by atoms with Crippen molar-refractivity contribution in [1.82, 2.24) is 4.98 Å². The van der Waals surface area contributed by atoms with Crippen molar-refractivity contribution in [1.29, 1.82) is 0 Å². The molecule has 0 radical (unpaired) electrons. The minimum Gasteiger partial charge on any atom is -0.446 e. The largest absolute Gasteiger partial charge is 0.446 e. The van der Waals surface area contributed by atoms with Crippen LogP contribution in [0.2, 0.25) is 0 Å². The third-order valence-electron chi connectivity index (χ3n) is 3.12. The molecule has 0 saturated carbocycles. The minimum absolute atomic E-state index is 0.301. The van der Waals surface area contributed by atoms with Crippen LogP contribution < -0.4 is 5.56 Å². The van der Waals surface area contributed by atoms with Gasteiger partial charge in [0, 0.05) is 11.6 Å². The second-order valence-corrected chi connectivity index (χ2v) is 4.59. The van der Waals surface area contributed by atoms with Gasteiger partial charge in [0.15, 0.2) is 0 Å². The first-order valence-corrected chi connectivity index (χ1v) is 6.36. The number of aromatic nitrogens is 1. The molecule has 1 aromatic heterocycles. The van der Waals surface area contributed by atoms with Gasteiger partial charge in [0.1, 0.15) is 0 Å². The SMILES string of the molecule is Cc1ccc(-c2ccccc2-c2nc(=O)cco2)cc1. The molecule has 3 heteroatoms. The Balaban J connectivity index is 2.18. The average Bonchev–Trinajstić information content (AvgIpc) is 2.48. The summed E-state index contributed by atoms with van der Waals surface area (Å²) in [5.74, 6) is 0.341. The standard InChI is InChI=1S/C17H13NO2/c1-12-6-8-13(9-7-12)14-4-2-3-5-15(14)17-18-16(19)10-11-20-17/h2-11H,1H3. The molecule has 0 aliphatic carbocycles. The van der Waals surface area contributed by atoms with Crippen molar-refractivity contribution >= 4 is 0 Å². The molecule has 0 N–H and O–H groups in total. The van der Waals surface area contributed by atoms with Crippen LogP contribution in [0.1, 0.15) is 5.56 Å². The maximum Gasteiger partial charge on any atom is 0.276 e. The van der Waals surface area contributed by atoms with Crippen molar-refractivity contribution in [2.75, 3.05) is 0 Å². The van der Waals surface area contributed by atoms with Crippen molar-refractivity contribution in [3.63, 3.8) is 0 Å². The Hall–Kier alpha value is -2.68. The molecule has 0 amide bonds. The van der Waals surface area contributed by atoms with Crippen LogP contribution in [-0.4, -0.2) is 4.98 Å². The van der Waals surface area contributed by atoms with Crippen molar-refractivity contribution in [3.8, 4) is 22.6 Å². The Labute approximate surface area is 116 Å². The van der Waals surface area contributed by atoms with E-state index in [0.29, 0.717) is 5.89 Å². The molecule has 0 aliphatic heterocycles. The summed E-state index contributed by atoms with van der Waals surface area (Å²) >= 11 is 0. The molecule has 0 unspecified atom stereocenters. The van der Waals surface area contributed by atoms with E-state index >= 15 is 0 Å². The van der Waals surface area contributed by atoms with Crippen LogP contribution in [0.3, 0.4) is 0 Å². The first-order chi connectivity index (χ1) is 9.74. The number of hydrogen-bond donors (Lipinski definition) is 0. The van der Waals surface area contributed by atoms with E-state index in [4.69, 9.17) is 4.42 Å². The number of nitrogens with zero attached hydrogens (tertiary/aromatic N) is 1. The van der Waals surface area contributed by atoms with E-state index in [0.717, 1.165) is 16.7 Å². The summed E-state index contributed by atoms with van der Waals surface area (Å²) in [5.41, 5.74) is 3.78. The van der Waals surface area contributed by atoms with Gasteiger partial charge < -0.3 is 4.42 Å². The fraction of sp³-hybridized carbons (Fsp3) is 0.0588. The molecule has 98 valence electrons. The zero-order valence-electron chi connectivity index (χ0n) is 11.0. The van der Waals surface area contributed by atoms with E-state index in [1.165, 1.54) is 17.9 Å². The molecule has 2 aromatic carbocycles. The first-order valence-electron chi connectivity index (χ1n) is 6.36. The van der Waals surface area contributed by atoms with Crippen LogP contribution in [0.5, 0.6) is 0 Å². The van der Waals surface area contributed by atoms with Gasteiger partial charge in [-0.3, -0.25) is 4.79 Å². The normalized spacial score (nSPS) is 10.4. The number of benzene rings is 2. The van der Waals surface area contributed by atoms with Gasteiger partial charge in [-0.25, -0.2) is 0 Å². The van der Waals surface area contributed by atoms with Gasteiger partial charge in [0.25, 0.3) is 5.56 Å². The molecule has 3 rings (SSSR count). The molecule has 0 atom stereocenters. The molecular formula is C17H13NO2. The van der Waals surface area contributed by atoms with Gasteiger partial charge in [0.2, 0.25) is 5.89 Å². The van der Waals surface area contributed by atoms with Crippen LogP contribution in [0, 0.1) is 6.92 Å². The molecule has 0 aliphatic rings. The first kappa shape index (κ1) is 12.4. The predicted molar refractivity (Wildman–Crippen MR) is 78.4 cm³/mol. The van der Waals surface area contributed by atoms with Crippen LogP contribution >= 0.6 is 0 Å². The highest BCUT2D eigenvalue weighted by atomic mass is 16.3. The number of aryl methyl sites for hydroxylation is 1. The lowest BCUT2D eigenvalue weighted by atomic mass is 9.99.